The van der Waals surface area contributed by atoms with Gasteiger partial charge in [0.15, 0.2) is 5.82 Å². The molecule has 1 aromatic heterocycles. The Hall–Kier alpha value is -2.21. The van der Waals surface area contributed by atoms with E-state index in [4.69, 9.17) is 5.73 Å². The third kappa shape index (κ3) is 3.42. The van der Waals surface area contributed by atoms with Crippen LogP contribution in [0.5, 0.6) is 0 Å². The highest BCUT2D eigenvalue weighted by Gasteiger charge is 2.37. The molecule has 3 N–H and O–H groups in total. The lowest BCUT2D eigenvalue weighted by molar-refractivity contribution is -0.128. The van der Waals surface area contributed by atoms with E-state index >= 15 is 0 Å². The number of amides is 1. The van der Waals surface area contributed by atoms with Gasteiger partial charge in [0.25, 0.3) is 0 Å². The second kappa shape index (κ2) is 6.50. The summed E-state index contributed by atoms with van der Waals surface area (Å²) in [6.07, 6.45) is 5.56. The van der Waals surface area contributed by atoms with E-state index in [1.807, 2.05) is 41.8 Å². The summed E-state index contributed by atoms with van der Waals surface area (Å²) < 4.78 is 1.88. The number of hydrogen-bond acceptors (Lipinski definition) is 4. The number of nitrogens with two attached hydrogens (primary N) is 1. The summed E-state index contributed by atoms with van der Waals surface area (Å²) in [5, 5.41) is 11.0. The number of carbonyl (C=O) groups excluding carboxylic acids is 1. The molecule has 0 aliphatic heterocycles. The molecule has 6 heteroatoms. The topological polar surface area (TPSA) is 85.8 Å². The fourth-order valence-electron chi connectivity index (χ4n) is 3.26. The summed E-state index contributed by atoms with van der Waals surface area (Å²) in [5.41, 5.74) is 6.85. The van der Waals surface area contributed by atoms with Gasteiger partial charge in [-0.05, 0) is 31.9 Å². The van der Waals surface area contributed by atoms with Crippen LogP contribution in [0.4, 0.5) is 0 Å². The number of nitrogens with one attached hydrogen (secondary N) is 1. The Kier molecular flexibility index (Phi) is 4.43. The molecule has 1 amide bonds. The van der Waals surface area contributed by atoms with E-state index in [9.17, 15) is 4.79 Å². The lowest BCUT2D eigenvalue weighted by Gasteiger charge is -2.37. The van der Waals surface area contributed by atoms with Crippen LogP contribution in [0.2, 0.25) is 0 Å². The van der Waals surface area contributed by atoms with E-state index < -0.39 is 5.54 Å². The maximum Gasteiger partial charge on any atom is 0.225 e. The molecule has 0 radical (unpaired) electrons. The minimum absolute atomic E-state index is 0.0114. The van der Waals surface area contributed by atoms with Gasteiger partial charge in [0.2, 0.25) is 5.91 Å². The Balaban J connectivity index is 1.67. The minimum atomic E-state index is -0.421. The highest BCUT2D eigenvalue weighted by Crippen LogP contribution is 2.31. The summed E-state index contributed by atoms with van der Waals surface area (Å²) in [6, 6.07) is 9.83. The molecule has 2 unspecified atom stereocenters. The Labute approximate surface area is 136 Å². The molecule has 6 nitrogen and oxygen atoms in total. The van der Waals surface area contributed by atoms with Gasteiger partial charge in [0, 0.05) is 11.2 Å². The quantitative estimate of drug-likeness (QED) is 0.901. The van der Waals surface area contributed by atoms with Crippen LogP contribution in [-0.4, -0.2) is 26.2 Å². The van der Waals surface area contributed by atoms with Crippen molar-refractivity contribution in [1.29, 1.82) is 0 Å². The highest BCUT2D eigenvalue weighted by molar-refractivity contribution is 5.80. The first-order valence-electron chi connectivity index (χ1n) is 8.09. The number of benzene rings is 1. The van der Waals surface area contributed by atoms with Crippen molar-refractivity contribution in [3.05, 3.63) is 42.5 Å². The molecule has 3 rings (SSSR count). The van der Waals surface area contributed by atoms with E-state index in [1.54, 1.807) is 6.33 Å². The van der Waals surface area contributed by atoms with Crippen molar-refractivity contribution in [2.75, 3.05) is 0 Å². The van der Waals surface area contributed by atoms with Crippen molar-refractivity contribution in [2.24, 2.45) is 11.7 Å². The summed E-state index contributed by atoms with van der Waals surface area (Å²) in [6.45, 7) is 2.32. The van der Waals surface area contributed by atoms with Crippen LogP contribution in [0, 0.1) is 5.92 Å². The third-order valence-electron chi connectivity index (χ3n) is 4.64. The molecule has 122 valence electrons. The first kappa shape index (κ1) is 15.7. The van der Waals surface area contributed by atoms with Crippen LogP contribution >= 0.6 is 0 Å². The fraction of sp³-hybridized carbons (Fsp3) is 0.471. The minimum Gasteiger partial charge on any atom is -0.348 e. The number of hydrogen-bond donors (Lipinski definition) is 2. The summed E-state index contributed by atoms with van der Waals surface area (Å²) in [7, 11) is 0. The van der Waals surface area contributed by atoms with Gasteiger partial charge in [0.05, 0.1) is 12.5 Å². The van der Waals surface area contributed by atoms with Crippen LogP contribution in [0.25, 0.3) is 5.69 Å². The van der Waals surface area contributed by atoms with Crippen molar-refractivity contribution in [1.82, 2.24) is 20.1 Å². The van der Waals surface area contributed by atoms with Crippen LogP contribution in [0.3, 0.4) is 0 Å². The molecule has 1 aliphatic rings. The van der Waals surface area contributed by atoms with Crippen LogP contribution in [0.15, 0.2) is 36.7 Å². The molecule has 23 heavy (non-hydrogen) atoms. The van der Waals surface area contributed by atoms with E-state index in [1.165, 1.54) is 0 Å². The van der Waals surface area contributed by atoms with Crippen molar-refractivity contribution in [2.45, 2.75) is 44.7 Å². The van der Waals surface area contributed by atoms with Crippen molar-refractivity contribution in [3.8, 4) is 5.69 Å². The smallest absolute Gasteiger partial charge is 0.225 e. The molecule has 0 saturated heterocycles. The molecule has 0 spiro atoms. The van der Waals surface area contributed by atoms with Gasteiger partial charge in [-0.3, -0.25) is 9.36 Å². The molecule has 1 saturated carbocycles. The van der Waals surface area contributed by atoms with Gasteiger partial charge in [-0.1, -0.05) is 31.0 Å². The summed E-state index contributed by atoms with van der Waals surface area (Å²) in [4.78, 5) is 12.5. The molecule has 2 aromatic rings. The predicted molar refractivity (Wildman–Crippen MR) is 87.8 cm³/mol. The van der Waals surface area contributed by atoms with Gasteiger partial charge in [-0.2, -0.15) is 0 Å². The second-order valence-corrected chi connectivity index (χ2v) is 6.47. The largest absolute Gasteiger partial charge is 0.348 e. The number of para-hydroxylation sites is 1. The lowest BCUT2D eigenvalue weighted by Crippen LogP contribution is -2.52. The Bertz CT molecular complexity index is 665. The predicted octanol–water partition coefficient (Wildman–Crippen LogP) is 1.79. The maximum absolute atomic E-state index is 12.5. The Morgan fingerprint density at radius 3 is 2.91 bits per heavy atom. The summed E-state index contributed by atoms with van der Waals surface area (Å²) in [5.74, 6) is 0.584. The van der Waals surface area contributed by atoms with Gasteiger partial charge in [0.1, 0.15) is 6.33 Å². The van der Waals surface area contributed by atoms with Crippen LogP contribution in [-0.2, 0) is 11.3 Å². The average molecular weight is 313 g/mol. The van der Waals surface area contributed by atoms with Crippen molar-refractivity contribution < 1.29 is 4.79 Å². The molecule has 1 fully saturated rings. The molecule has 1 aliphatic carbocycles. The second-order valence-electron chi connectivity index (χ2n) is 6.47. The van der Waals surface area contributed by atoms with Gasteiger partial charge < -0.3 is 11.1 Å². The molecule has 0 bridgehead atoms. The normalized spacial score (nSPS) is 24.3. The lowest BCUT2D eigenvalue weighted by atomic mass is 9.74. The molecule has 1 aromatic carbocycles. The molecular formula is C17H23N5O. The number of aromatic nitrogens is 3. The van der Waals surface area contributed by atoms with E-state index in [2.05, 4.69) is 15.5 Å². The first-order chi connectivity index (χ1) is 11.1. The van der Waals surface area contributed by atoms with E-state index in [-0.39, 0.29) is 11.8 Å². The zero-order valence-electron chi connectivity index (χ0n) is 13.4. The van der Waals surface area contributed by atoms with Gasteiger partial charge >= 0.3 is 0 Å². The monoisotopic (exact) mass is 313 g/mol. The van der Waals surface area contributed by atoms with E-state index in [0.29, 0.717) is 12.4 Å². The summed E-state index contributed by atoms with van der Waals surface area (Å²) >= 11 is 0. The van der Waals surface area contributed by atoms with Crippen molar-refractivity contribution >= 4 is 5.91 Å². The molecule has 2 atom stereocenters. The fourth-order valence-corrected chi connectivity index (χ4v) is 3.26. The van der Waals surface area contributed by atoms with Gasteiger partial charge in [-0.25, -0.2) is 0 Å². The number of carbonyl (C=O) groups is 1. The third-order valence-corrected chi connectivity index (χ3v) is 4.64. The zero-order valence-corrected chi connectivity index (χ0v) is 13.4. The standard InChI is InChI=1S/C17H23N5O/c1-17(18)10-6-5-9-14(17)16(23)19-11-15-21-20-12-22(15)13-7-3-2-4-8-13/h2-4,7-8,12,14H,5-6,9-11,18H2,1H3,(H,19,23). The average Bonchev–Trinajstić information content (AvgIpc) is 3.01. The Morgan fingerprint density at radius 2 is 2.17 bits per heavy atom. The Morgan fingerprint density at radius 1 is 1.39 bits per heavy atom. The molecule has 1 heterocycles. The van der Waals surface area contributed by atoms with Crippen LogP contribution in [0.1, 0.15) is 38.4 Å². The SMILES string of the molecule is CC1(N)CCCCC1C(=O)NCc1nncn1-c1ccccc1. The maximum atomic E-state index is 12.5. The highest BCUT2D eigenvalue weighted by atomic mass is 16.1. The first-order valence-corrected chi connectivity index (χ1v) is 8.09. The molecular weight excluding hydrogens is 290 g/mol. The van der Waals surface area contributed by atoms with Crippen LogP contribution < -0.4 is 11.1 Å². The van der Waals surface area contributed by atoms with Gasteiger partial charge in [-0.15, -0.1) is 10.2 Å². The number of nitrogens with zero attached hydrogens (tertiary/aromatic N) is 3. The van der Waals surface area contributed by atoms with E-state index in [0.717, 1.165) is 31.4 Å². The van der Waals surface area contributed by atoms with Crippen molar-refractivity contribution in [3.63, 3.8) is 0 Å². The number of rotatable bonds is 4. The zero-order chi connectivity index (χ0) is 16.3.